The number of aromatic nitrogens is 3. The first-order valence-electron chi connectivity index (χ1n) is 8.29. The number of carbonyl (C=O) groups is 1. The van der Waals surface area contributed by atoms with Gasteiger partial charge in [-0.15, -0.1) is 5.10 Å². The Morgan fingerprint density at radius 3 is 2.92 bits per heavy atom. The van der Waals surface area contributed by atoms with Crippen LogP contribution >= 0.6 is 23.4 Å². The molecule has 1 heterocycles. The van der Waals surface area contributed by atoms with Gasteiger partial charge in [0.05, 0.1) is 10.7 Å². The normalized spacial score (nSPS) is 14.5. The van der Waals surface area contributed by atoms with Crippen molar-refractivity contribution in [3.63, 3.8) is 0 Å². The highest BCUT2D eigenvalue weighted by Crippen LogP contribution is 2.28. The molecule has 1 aromatic carbocycles. The number of anilines is 1. The summed E-state index contributed by atoms with van der Waals surface area (Å²) in [7, 11) is 0. The van der Waals surface area contributed by atoms with Crippen molar-refractivity contribution in [2.75, 3.05) is 11.1 Å². The summed E-state index contributed by atoms with van der Waals surface area (Å²) in [4.78, 5) is 26.7. The van der Waals surface area contributed by atoms with Gasteiger partial charge in [-0.25, -0.2) is 4.98 Å². The number of nitro benzene ring substituents is 1. The molecule has 0 unspecified atom stereocenters. The van der Waals surface area contributed by atoms with E-state index in [1.165, 1.54) is 55.6 Å². The number of nitrogens with one attached hydrogen (secondary N) is 2. The lowest BCUT2D eigenvalue weighted by molar-refractivity contribution is -0.384. The Balaban J connectivity index is 1.50. The molecular weight excluding hydrogens is 378 g/mol. The summed E-state index contributed by atoms with van der Waals surface area (Å²) < 4.78 is 0. The third-order valence-corrected chi connectivity index (χ3v) is 5.39. The summed E-state index contributed by atoms with van der Waals surface area (Å²) in [5.74, 6) is 1.34. The van der Waals surface area contributed by atoms with Crippen LogP contribution in [0.4, 0.5) is 11.4 Å². The Kier molecular flexibility index (Phi) is 6.10. The first-order valence-corrected chi connectivity index (χ1v) is 9.65. The van der Waals surface area contributed by atoms with Gasteiger partial charge in [-0.1, -0.05) is 49.0 Å². The summed E-state index contributed by atoms with van der Waals surface area (Å²) in [6, 6.07) is 4.13. The van der Waals surface area contributed by atoms with Gasteiger partial charge in [0.2, 0.25) is 11.1 Å². The average Bonchev–Trinajstić information content (AvgIpc) is 3.27. The summed E-state index contributed by atoms with van der Waals surface area (Å²) >= 11 is 6.97. The number of amides is 1. The Bertz CT molecular complexity index is 807. The molecule has 0 spiro atoms. The fourth-order valence-corrected chi connectivity index (χ4v) is 3.78. The van der Waals surface area contributed by atoms with Crippen molar-refractivity contribution in [1.29, 1.82) is 0 Å². The lowest BCUT2D eigenvalue weighted by Crippen LogP contribution is -2.14. The number of nitrogens with zero attached hydrogens (tertiary/aromatic N) is 3. The van der Waals surface area contributed by atoms with Crippen molar-refractivity contribution < 1.29 is 9.72 Å². The summed E-state index contributed by atoms with van der Waals surface area (Å²) in [5.41, 5.74) is 0.0752. The maximum absolute atomic E-state index is 12.0. The van der Waals surface area contributed by atoms with E-state index in [1.807, 2.05) is 0 Å². The lowest BCUT2D eigenvalue weighted by atomic mass is 10.0. The number of halogens is 1. The molecule has 1 fully saturated rings. The first-order chi connectivity index (χ1) is 12.5. The predicted molar refractivity (Wildman–Crippen MR) is 99.5 cm³/mol. The predicted octanol–water partition coefficient (Wildman–Crippen LogP) is 3.83. The van der Waals surface area contributed by atoms with Crippen LogP contribution in [0.5, 0.6) is 0 Å². The van der Waals surface area contributed by atoms with Gasteiger partial charge in [-0.3, -0.25) is 20.0 Å². The van der Waals surface area contributed by atoms with E-state index in [9.17, 15) is 14.9 Å². The van der Waals surface area contributed by atoms with Crippen LogP contribution in [0.1, 0.15) is 31.5 Å². The number of H-pyrrole nitrogens is 1. The monoisotopic (exact) mass is 395 g/mol. The lowest BCUT2D eigenvalue weighted by Gasteiger charge is -2.05. The Labute approximate surface area is 159 Å². The van der Waals surface area contributed by atoms with Crippen molar-refractivity contribution in [2.45, 2.75) is 37.3 Å². The molecule has 138 valence electrons. The third-order valence-electron chi connectivity index (χ3n) is 4.23. The zero-order valence-corrected chi connectivity index (χ0v) is 15.5. The first kappa shape index (κ1) is 18.7. The molecule has 1 saturated carbocycles. The fraction of sp³-hybridized carbons (Fsp3) is 0.438. The van der Waals surface area contributed by atoms with Crippen molar-refractivity contribution in [1.82, 2.24) is 15.2 Å². The van der Waals surface area contributed by atoms with E-state index in [0.717, 1.165) is 12.2 Å². The van der Waals surface area contributed by atoms with E-state index in [0.29, 0.717) is 16.8 Å². The molecule has 0 atom stereocenters. The van der Waals surface area contributed by atoms with Crippen molar-refractivity contribution in [3.05, 3.63) is 39.2 Å². The Morgan fingerprint density at radius 2 is 2.19 bits per heavy atom. The van der Waals surface area contributed by atoms with Gasteiger partial charge >= 0.3 is 0 Å². The van der Waals surface area contributed by atoms with Gasteiger partial charge < -0.3 is 5.32 Å². The van der Waals surface area contributed by atoms with Crippen LogP contribution in [-0.2, 0) is 11.2 Å². The molecule has 1 amide bonds. The number of benzene rings is 1. The van der Waals surface area contributed by atoms with Crippen molar-refractivity contribution in [2.24, 2.45) is 5.92 Å². The van der Waals surface area contributed by atoms with Gasteiger partial charge in [0.1, 0.15) is 10.8 Å². The Morgan fingerprint density at radius 1 is 1.42 bits per heavy atom. The van der Waals surface area contributed by atoms with Crippen molar-refractivity contribution >= 4 is 40.6 Å². The van der Waals surface area contributed by atoms with E-state index >= 15 is 0 Å². The maximum Gasteiger partial charge on any atom is 0.289 e. The summed E-state index contributed by atoms with van der Waals surface area (Å²) in [5, 5.41) is 21.1. The van der Waals surface area contributed by atoms with Gasteiger partial charge in [-0.2, -0.15) is 0 Å². The topological polar surface area (TPSA) is 114 Å². The second-order valence-electron chi connectivity index (χ2n) is 6.18. The standard InChI is InChI=1S/C16H18ClN5O3S/c17-12-6-5-11(8-13(12)22(24)25)18-15(23)9-26-16-19-14(20-21-16)7-10-3-1-2-4-10/h5-6,8,10H,1-4,7,9H2,(H,18,23)(H,19,20,21). The highest BCUT2D eigenvalue weighted by atomic mass is 35.5. The largest absolute Gasteiger partial charge is 0.325 e. The molecule has 2 aromatic rings. The van der Waals surface area contributed by atoms with E-state index in [4.69, 9.17) is 11.6 Å². The number of hydrogen-bond donors (Lipinski definition) is 2. The van der Waals surface area contributed by atoms with E-state index in [2.05, 4.69) is 20.5 Å². The van der Waals surface area contributed by atoms with Crippen LogP contribution < -0.4 is 5.32 Å². The molecule has 10 heteroatoms. The zero-order chi connectivity index (χ0) is 18.5. The van der Waals surface area contributed by atoms with E-state index in [-0.39, 0.29) is 22.4 Å². The van der Waals surface area contributed by atoms with Crippen LogP contribution in [0.2, 0.25) is 5.02 Å². The molecule has 0 aliphatic heterocycles. The minimum Gasteiger partial charge on any atom is -0.325 e. The second kappa shape index (κ2) is 8.50. The highest BCUT2D eigenvalue weighted by Gasteiger charge is 2.18. The fourth-order valence-electron chi connectivity index (χ4n) is 2.98. The summed E-state index contributed by atoms with van der Waals surface area (Å²) in [6.45, 7) is 0. The minimum absolute atomic E-state index is 0.0258. The number of aromatic amines is 1. The van der Waals surface area contributed by atoms with Gasteiger partial charge in [-0.05, 0) is 18.1 Å². The number of rotatable bonds is 7. The van der Waals surface area contributed by atoms with Crippen LogP contribution in [0.25, 0.3) is 0 Å². The second-order valence-corrected chi connectivity index (χ2v) is 7.53. The number of hydrogen-bond acceptors (Lipinski definition) is 6. The number of nitro groups is 1. The van der Waals surface area contributed by atoms with E-state index in [1.54, 1.807) is 0 Å². The van der Waals surface area contributed by atoms with Gasteiger partial charge in [0.15, 0.2) is 0 Å². The average molecular weight is 396 g/mol. The van der Waals surface area contributed by atoms with Crippen LogP contribution in [0.15, 0.2) is 23.4 Å². The van der Waals surface area contributed by atoms with Gasteiger partial charge in [0.25, 0.3) is 5.69 Å². The third kappa shape index (κ3) is 4.95. The molecular formula is C16H18ClN5O3S. The summed E-state index contributed by atoms with van der Waals surface area (Å²) in [6.07, 6.45) is 5.93. The highest BCUT2D eigenvalue weighted by molar-refractivity contribution is 7.99. The molecule has 0 saturated heterocycles. The maximum atomic E-state index is 12.0. The molecule has 1 aliphatic carbocycles. The Hall–Kier alpha value is -2.13. The van der Waals surface area contributed by atoms with E-state index < -0.39 is 4.92 Å². The van der Waals surface area contributed by atoms with Crippen LogP contribution in [-0.4, -0.2) is 31.8 Å². The van der Waals surface area contributed by atoms with Crippen molar-refractivity contribution in [3.8, 4) is 0 Å². The quantitative estimate of drug-likeness (QED) is 0.418. The van der Waals surface area contributed by atoms with Crippen LogP contribution in [0.3, 0.4) is 0 Å². The molecule has 26 heavy (non-hydrogen) atoms. The molecule has 0 bridgehead atoms. The minimum atomic E-state index is -0.591. The van der Waals surface area contributed by atoms with Crippen LogP contribution in [0, 0.1) is 16.0 Å². The number of thioether (sulfide) groups is 1. The van der Waals surface area contributed by atoms with Gasteiger partial charge in [0, 0.05) is 18.2 Å². The molecule has 1 aromatic heterocycles. The molecule has 2 N–H and O–H groups in total. The molecule has 3 rings (SSSR count). The molecule has 8 nitrogen and oxygen atoms in total. The zero-order valence-electron chi connectivity index (χ0n) is 13.9. The number of carbonyl (C=O) groups excluding carboxylic acids is 1. The molecule has 1 aliphatic rings. The smallest absolute Gasteiger partial charge is 0.289 e. The molecule has 0 radical (unpaired) electrons. The SMILES string of the molecule is O=C(CSc1n[nH]c(CC2CCCC2)n1)Nc1ccc(Cl)c([N+](=O)[O-])c1.